The van der Waals surface area contributed by atoms with Gasteiger partial charge >= 0.3 is 5.97 Å². The van der Waals surface area contributed by atoms with Crippen LogP contribution in [-0.4, -0.2) is 72.7 Å². The molecule has 0 bridgehead atoms. The number of anilines is 3. The lowest BCUT2D eigenvalue weighted by Gasteiger charge is -2.49. The Hall–Kier alpha value is -3.57. The number of carbonyl (C=O) groups excluding carboxylic acids is 2. The number of thioether (sulfide) groups is 2. The minimum Gasteiger partial charge on any atom is -0.477 e. The first-order chi connectivity index (χ1) is 16.2. The van der Waals surface area contributed by atoms with E-state index in [2.05, 4.69) is 25.4 Å². The van der Waals surface area contributed by atoms with Crippen LogP contribution >= 0.6 is 34.9 Å². The molecule has 1 fully saturated rings. The zero-order valence-electron chi connectivity index (χ0n) is 17.3. The predicted molar refractivity (Wildman–Crippen MR) is 126 cm³/mol. The van der Waals surface area contributed by atoms with Crippen molar-refractivity contribution in [3.05, 3.63) is 27.7 Å². The fraction of sp³-hybridized carbons (Fsp3) is 0.235. The highest BCUT2D eigenvalue weighted by Gasteiger charge is 2.54. The Bertz CT molecular complexity index is 1230. The molecule has 178 valence electrons. The number of amides is 2. The zero-order chi connectivity index (χ0) is 24.6. The lowest BCUT2D eigenvalue weighted by molar-refractivity contribution is -0.150. The number of oxime groups is 1. The molecule has 2 aliphatic heterocycles. The van der Waals surface area contributed by atoms with E-state index >= 15 is 0 Å². The highest BCUT2D eigenvalue weighted by atomic mass is 32.2. The number of nitrogens with two attached hydrogens (primary N) is 3. The molecule has 2 atom stereocenters. The van der Waals surface area contributed by atoms with Gasteiger partial charge in [0, 0.05) is 22.1 Å². The molecule has 0 saturated carbocycles. The van der Waals surface area contributed by atoms with Crippen LogP contribution in [0.2, 0.25) is 0 Å². The second-order valence-electron chi connectivity index (χ2n) is 6.72. The summed E-state index contributed by atoms with van der Waals surface area (Å²) in [5.74, 6) is -2.26. The van der Waals surface area contributed by atoms with Gasteiger partial charge in [-0.1, -0.05) is 16.9 Å². The third kappa shape index (κ3) is 4.44. The van der Waals surface area contributed by atoms with Crippen molar-refractivity contribution in [1.82, 2.24) is 25.2 Å². The predicted octanol–water partition coefficient (Wildman–Crippen LogP) is -0.481. The van der Waals surface area contributed by atoms with Crippen molar-refractivity contribution in [1.29, 1.82) is 0 Å². The Morgan fingerprint density at radius 3 is 2.71 bits per heavy atom. The van der Waals surface area contributed by atoms with E-state index in [-0.39, 0.29) is 39.8 Å². The van der Waals surface area contributed by atoms with Crippen LogP contribution in [0.3, 0.4) is 0 Å². The Balaban J connectivity index is 1.55. The van der Waals surface area contributed by atoms with Crippen molar-refractivity contribution < 1.29 is 24.3 Å². The summed E-state index contributed by atoms with van der Waals surface area (Å²) in [6.07, 6.45) is 0. The van der Waals surface area contributed by atoms with Gasteiger partial charge in [-0.2, -0.15) is 4.98 Å². The van der Waals surface area contributed by atoms with E-state index in [1.54, 1.807) is 0 Å². The molecule has 2 amide bonds. The number of rotatable bonds is 7. The molecule has 34 heavy (non-hydrogen) atoms. The second kappa shape index (κ2) is 9.35. The second-order valence-corrected chi connectivity index (χ2v) is 9.83. The first-order valence-corrected chi connectivity index (χ1v) is 12.1. The Morgan fingerprint density at radius 2 is 2.09 bits per heavy atom. The zero-order valence-corrected chi connectivity index (χ0v) is 19.7. The number of aromatic nitrogens is 3. The number of thiazole rings is 1. The number of nitrogens with zero attached hydrogens (tertiary/aromatic N) is 5. The third-order valence-electron chi connectivity index (χ3n) is 4.55. The van der Waals surface area contributed by atoms with Gasteiger partial charge in [-0.25, -0.2) is 14.8 Å². The van der Waals surface area contributed by atoms with Crippen LogP contribution in [0.25, 0.3) is 0 Å². The summed E-state index contributed by atoms with van der Waals surface area (Å²) in [5, 5.41) is 17.6. The first-order valence-electron chi connectivity index (χ1n) is 9.32. The van der Waals surface area contributed by atoms with Gasteiger partial charge in [-0.05, 0) is 0 Å². The fourth-order valence-corrected chi connectivity index (χ4v) is 6.25. The van der Waals surface area contributed by atoms with Crippen molar-refractivity contribution in [3.63, 3.8) is 0 Å². The average Bonchev–Trinajstić information content (AvgIpc) is 3.20. The van der Waals surface area contributed by atoms with Gasteiger partial charge in [0.25, 0.3) is 11.8 Å². The summed E-state index contributed by atoms with van der Waals surface area (Å²) in [7, 11) is 1.26. The number of aliphatic carboxylic acids is 1. The van der Waals surface area contributed by atoms with Crippen molar-refractivity contribution in [3.8, 4) is 0 Å². The quantitative estimate of drug-likeness (QED) is 0.134. The highest BCUT2D eigenvalue weighted by Crippen LogP contribution is 2.45. The number of fused-ring (bicyclic) bond motifs is 1. The maximum atomic E-state index is 12.9. The highest BCUT2D eigenvalue weighted by molar-refractivity contribution is 8.06. The van der Waals surface area contributed by atoms with E-state index < -0.39 is 29.2 Å². The molecule has 17 heteroatoms. The normalized spacial score (nSPS) is 20.0. The Kier molecular flexibility index (Phi) is 6.49. The van der Waals surface area contributed by atoms with Gasteiger partial charge in [-0.15, -0.1) is 23.1 Å². The number of carboxylic acids is 1. The molecule has 1 saturated heterocycles. The van der Waals surface area contributed by atoms with Gasteiger partial charge in [0.1, 0.15) is 40.8 Å². The average molecular weight is 524 g/mol. The van der Waals surface area contributed by atoms with E-state index in [1.165, 1.54) is 30.3 Å². The van der Waals surface area contributed by atoms with E-state index in [1.807, 2.05) is 0 Å². The van der Waals surface area contributed by atoms with Crippen LogP contribution in [-0.2, 0) is 19.2 Å². The third-order valence-corrected chi connectivity index (χ3v) is 7.69. The number of carbonyl (C=O) groups is 3. The molecule has 14 nitrogen and oxygen atoms in total. The molecule has 0 radical (unpaired) electrons. The van der Waals surface area contributed by atoms with Crippen molar-refractivity contribution in [2.45, 2.75) is 16.4 Å². The summed E-state index contributed by atoms with van der Waals surface area (Å²) in [5.41, 5.74) is 16.7. The van der Waals surface area contributed by atoms with Crippen molar-refractivity contribution in [2.75, 3.05) is 30.1 Å². The van der Waals surface area contributed by atoms with E-state index in [0.717, 1.165) is 28.0 Å². The summed E-state index contributed by atoms with van der Waals surface area (Å²) in [4.78, 5) is 55.8. The number of β-lactam (4-membered cyclic amide) rings is 1. The van der Waals surface area contributed by atoms with Crippen molar-refractivity contribution in [2.24, 2.45) is 5.16 Å². The molecular weight excluding hydrogens is 506 g/mol. The molecule has 2 aromatic heterocycles. The number of carboxylic acid groups (broad SMARTS) is 1. The van der Waals surface area contributed by atoms with Gasteiger partial charge < -0.3 is 32.5 Å². The van der Waals surface area contributed by atoms with E-state index in [4.69, 9.17) is 22.0 Å². The summed E-state index contributed by atoms with van der Waals surface area (Å²) >= 11 is 3.43. The number of hydrogen-bond acceptors (Lipinski definition) is 14. The van der Waals surface area contributed by atoms with Crippen LogP contribution in [0, 0.1) is 0 Å². The van der Waals surface area contributed by atoms with Gasteiger partial charge in [0.15, 0.2) is 10.8 Å². The topological polar surface area (TPSA) is 225 Å². The fourth-order valence-electron chi connectivity index (χ4n) is 3.21. The molecular formula is C17H17N9O5S3. The molecule has 1 unspecified atom stereocenters. The lowest BCUT2D eigenvalue weighted by Crippen LogP contribution is -2.71. The maximum Gasteiger partial charge on any atom is 0.353 e. The summed E-state index contributed by atoms with van der Waals surface area (Å²) in [6, 6.07) is 0.481. The maximum absolute atomic E-state index is 12.9. The number of nitrogens with one attached hydrogen (secondary N) is 1. The number of hydrogen-bond donors (Lipinski definition) is 5. The van der Waals surface area contributed by atoms with Gasteiger partial charge in [-0.3, -0.25) is 14.5 Å². The Labute approximate surface area is 204 Å². The molecule has 0 spiro atoms. The minimum atomic E-state index is -1.29. The molecule has 0 aromatic carbocycles. The smallest absolute Gasteiger partial charge is 0.353 e. The largest absolute Gasteiger partial charge is 0.477 e. The van der Waals surface area contributed by atoms with E-state index in [0.29, 0.717) is 9.93 Å². The van der Waals surface area contributed by atoms with Crippen molar-refractivity contribution >= 4 is 75.3 Å². The number of nitrogen functional groups attached to an aromatic ring is 3. The molecule has 4 heterocycles. The molecule has 8 N–H and O–H groups in total. The van der Waals surface area contributed by atoms with E-state index in [9.17, 15) is 19.5 Å². The minimum absolute atomic E-state index is 0.0560. The summed E-state index contributed by atoms with van der Waals surface area (Å²) < 4.78 is 0. The van der Waals surface area contributed by atoms with Crippen LogP contribution in [0.4, 0.5) is 16.9 Å². The van der Waals surface area contributed by atoms with Crippen LogP contribution < -0.4 is 22.5 Å². The standard InChI is InChI=1S/C17H17N9O5S3/c1-31-25-9(5-3-33-17(20)21-5)12(27)24-10-13(28)26-11(15(29)30)6(4-32-14(10)26)34-8-2-7(18)22-16(19)23-8/h2-3,10,14H,4H2,1H3,(H2,20,21)(H,24,27)(H,29,30)(H4,18,19,22,23)/b25-9+/t10?,14-/m1/s1. The van der Waals surface area contributed by atoms with Crippen LogP contribution in [0.1, 0.15) is 5.69 Å². The monoisotopic (exact) mass is 523 g/mol. The van der Waals surface area contributed by atoms with Crippen LogP contribution in [0.5, 0.6) is 0 Å². The van der Waals surface area contributed by atoms with Gasteiger partial charge in [0.05, 0.1) is 0 Å². The SMILES string of the molecule is CO/N=C(/C(=O)NC1C(=O)N2C(C(=O)O)=C(Sc3cc(N)nc(N)n3)CS[C@H]12)c1csc(N)n1. The Morgan fingerprint density at radius 1 is 1.32 bits per heavy atom. The first kappa shape index (κ1) is 23.6. The molecule has 0 aliphatic carbocycles. The molecule has 2 aliphatic rings. The molecule has 4 rings (SSSR count). The molecule has 2 aromatic rings. The summed E-state index contributed by atoms with van der Waals surface area (Å²) in [6.45, 7) is 0. The van der Waals surface area contributed by atoms with Gasteiger partial charge in [0.2, 0.25) is 5.95 Å². The van der Waals surface area contributed by atoms with Crippen LogP contribution in [0.15, 0.2) is 32.2 Å². The lowest BCUT2D eigenvalue weighted by atomic mass is 10.0.